The first-order valence-corrected chi connectivity index (χ1v) is 6.48. The Morgan fingerprint density at radius 2 is 1.59 bits per heavy atom. The molecule has 0 radical (unpaired) electrons. The molecule has 0 aromatic heterocycles. The van der Waals surface area contributed by atoms with E-state index in [0.717, 1.165) is 25.1 Å². The summed E-state index contributed by atoms with van der Waals surface area (Å²) < 4.78 is 0. The fourth-order valence-electron chi connectivity index (χ4n) is 2.15. The van der Waals surface area contributed by atoms with Gasteiger partial charge in [0.25, 0.3) is 0 Å². The van der Waals surface area contributed by atoms with E-state index >= 15 is 0 Å². The van der Waals surface area contributed by atoms with Gasteiger partial charge in [-0.25, -0.2) is 0 Å². The van der Waals surface area contributed by atoms with Crippen molar-refractivity contribution in [3.05, 3.63) is 29.3 Å². The Labute approximate surface area is 105 Å². The van der Waals surface area contributed by atoms with E-state index in [4.69, 9.17) is 0 Å². The van der Waals surface area contributed by atoms with Crippen LogP contribution in [0.15, 0.2) is 18.2 Å². The third-order valence-corrected chi connectivity index (χ3v) is 3.72. The largest absolute Gasteiger partial charge is 0.396 e. The summed E-state index contributed by atoms with van der Waals surface area (Å²) >= 11 is 0. The molecule has 2 heteroatoms. The Morgan fingerprint density at radius 3 is 2.00 bits per heavy atom. The number of aliphatic hydroxyl groups is 1. The molecule has 0 fully saturated rings. The maximum Gasteiger partial charge on any atom is 0.0504 e. The summed E-state index contributed by atoms with van der Waals surface area (Å²) in [6, 6.07) is 6.48. The third kappa shape index (κ3) is 3.74. The molecular formula is C15H25NO. The molecule has 0 heterocycles. The highest BCUT2D eigenvalue weighted by atomic mass is 16.3. The van der Waals surface area contributed by atoms with Crippen molar-refractivity contribution in [2.45, 2.75) is 40.5 Å². The Balaban J connectivity index is 2.71. The van der Waals surface area contributed by atoms with E-state index in [2.05, 4.69) is 51.2 Å². The Bertz CT molecular complexity index is 327. The zero-order valence-corrected chi connectivity index (χ0v) is 11.5. The van der Waals surface area contributed by atoms with E-state index in [0.29, 0.717) is 0 Å². The van der Waals surface area contributed by atoms with E-state index < -0.39 is 0 Å². The van der Waals surface area contributed by atoms with Gasteiger partial charge < -0.3 is 10.4 Å². The van der Waals surface area contributed by atoms with Crippen LogP contribution in [0.5, 0.6) is 0 Å². The summed E-state index contributed by atoms with van der Waals surface area (Å²) in [5.74, 6) is 0. The zero-order chi connectivity index (χ0) is 12.9. The van der Waals surface area contributed by atoms with Crippen LogP contribution < -0.4 is 5.32 Å². The topological polar surface area (TPSA) is 32.3 Å². The van der Waals surface area contributed by atoms with Gasteiger partial charge in [-0.3, -0.25) is 0 Å². The van der Waals surface area contributed by atoms with Crippen molar-refractivity contribution in [3.8, 4) is 0 Å². The molecule has 0 amide bonds. The van der Waals surface area contributed by atoms with Crippen LogP contribution in [0.1, 0.15) is 37.8 Å². The van der Waals surface area contributed by atoms with Gasteiger partial charge in [-0.2, -0.15) is 0 Å². The first-order valence-electron chi connectivity index (χ1n) is 6.48. The van der Waals surface area contributed by atoms with Crippen molar-refractivity contribution in [3.63, 3.8) is 0 Å². The second-order valence-corrected chi connectivity index (χ2v) is 5.10. The van der Waals surface area contributed by atoms with Crippen LogP contribution in [-0.2, 0) is 0 Å². The highest BCUT2D eigenvalue weighted by molar-refractivity contribution is 5.48. The van der Waals surface area contributed by atoms with Crippen LogP contribution in [0.3, 0.4) is 0 Å². The molecule has 0 aliphatic carbocycles. The van der Waals surface area contributed by atoms with Gasteiger partial charge in [0.05, 0.1) is 6.61 Å². The average molecular weight is 235 g/mol. The molecule has 0 aliphatic heterocycles. The van der Waals surface area contributed by atoms with Crippen LogP contribution in [0, 0.1) is 19.3 Å². The minimum Gasteiger partial charge on any atom is -0.396 e. The molecule has 17 heavy (non-hydrogen) atoms. The van der Waals surface area contributed by atoms with Gasteiger partial charge in [-0.15, -0.1) is 0 Å². The predicted molar refractivity (Wildman–Crippen MR) is 74.5 cm³/mol. The number of anilines is 1. The lowest BCUT2D eigenvalue weighted by molar-refractivity contribution is 0.127. The predicted octanol–water partition coefficient (Wildman–Crippen LogP) is 3.51. The Morgan fingerprint density at radius 1 is 1.06 bits per heavy atom. The van der Waals surface area contributed by atoms with Crippen LogP contribution in [0.2, 0.25) is 0 Å². The number of hydrogen-bond donors (Lipinski definition) is 2. The van der Waals surface area contributed by atoms with Crippen molar-refractivity contribution in [1.29, 1.82) is 0 Å². The highest BCUT2D eigenvalue weighted by Crippen LogP contribution is 2.26. The number of rotatable bonds is 6. The normalized spacial score (nSPS) is 11.6. The van der Waals surface area contributed by atoms with E-state index in [1.165, 1.54) is 11.1 Å². The van der Waals surface area contributed by atoms with Crippen molar-refractivity contribution < 1.29 is 5.11 Å². The first-order chi connectivity index (χ1) is 8.05. The fourth-order valence-corrected chi connectivity index (χ4v) is 2.15. The molecule has 1 aromatic carbocycles. The van der Waals surface area contributed by atoms with Gasteiger partial charge in [-0.05, 0) is 49.9 Å². The van der Waals surface area contributed by atoms with Gasteiger partial charge in [-0.1, -0.05) is 19.9 Å². The second kappa shape index (κ2) is 6.06. The fraction of sp³-hybridized carbons (Fsp3) is 0.600. The SMILES string of the molecule is CCC(CC)(CO)CNc1cc(C)cc(C)c1. The van der Waals surface area contributed by atoms with Crippen molar-refractivity contribution in [2.24, 2.45) is 5.41 Å². The molecule has 1 rings (SSSR count). The maximum absolute atomic E-state index is 9.52. The summed E-state index contributed by atoms with van der Waals surface area (Å²) in [6.45, 7) is 9.58. The van der Waals surface area contributed by atoms with E-state index in [1.54, 1.807) is 0 Å². The lowest BCUT2D eigenvalue weighted by Crippen LogP contribution is -2.32. The van der Waals surface area contributed by atoms with E-state index in [1.807, 2.05) is 0 Å². The number of aliphatic hydroxyl groups excluding tert-OH is 1. The first kappa shape index (κ1) is 14.0. The maximum atomic E-state index is 9.52. The zero-order valence-electron chi connectivity index (χ0n) is 11.5. The molecule has 96 valence electrons. The number of benzene rings is 1. The molecule has 0 bridgehead atoms. The summed E-state index contributed by atoms with van der Waals surface area (Å²) in [5, 5.41) is 13.0. The van der Waals surface area contributed by atoms with Crippen LogP contribution in [0.25, 0.3) is 0 Å². The minimum absolute atomic E-state index is 0.0116. The molecule has 0 saturated carbocycles. The summed E-state index contributed by atoms with van der Waals surface area (Å²) in [6.07, 6.45) is 2.00. The smallest absolute Gasteiger partial charge is 0.0504 e. The molecular weight excluding hydrogens is 210 g/mol. The third-order valence-electron chi connectivity index (χ3n) is 3.72. The van der Waals surface area contributed by atoms with Gasteiger partial charge >= 0.3 is 0 Å². The standard InChI is InChI=1S/C15H25NO/c1-5-15(6-2,11-17)10-16-14-8-12(3)7-13(4)9-14/h7-9,16-17H,5-6,10-11H2,1-4H3. The summed E-state index contributed by atoms with van der Waals surface area (Å²) in [7, 11) is 0. The van der Waals surface area contributed by atoms with E-state index in [9.17, 15) is 5.11 Å². The monoisotopic (exact) mass is 235 g/mol. The number of nitrogens with one attached hydrogen (secondary N) is 1. The lowest BCUT2D eigenvalue weighted by atomic mass is 9.83. The Kier molecular flexibility index (Phi) is 5.01. The van der Waals surface area contributed by atoms with Gasteiger partial charge in [0.15, 0.2) is 0 Å². The lowest BCUT2D eigenvalue weighted by Gasteiger charge is -2.30. The van der Waals surface area contributed by atoms with Gasteiger partial charge in [0.1, 0.15) is 0 Å². The molecule has 2 N–H and O–H groups in total. The van der Waals surface area contributed by atoms with Crippen LogP contribution in [-0.4, -0.2) is 18.3 Å². The second-order valence-electron chi connectivity index (χ2n) is 5.10. The molecule has 0 spiro atoms. The van der Waals surface area contributed by atoms with Crippen molar-refractivity contribution in [1.82, 2.24) is 0 Å². The van der Waals surface area contributed by atoms with E-state index in [-0.39, 0.29) is 12.0 Å². The molecule has 0 saturated heterocycles. The summed E-state index contributed by atoms with van der Waals surface area (Å²) in [5.41, 5.74) is 3.71. The Hall–Kier alpha value is -1.02. The molecule has 2 nitrogen and oxygen atoms in total. The highest BCUT2D eigenvalue weighted by Gasteiger charge is 2.24. The molecule has 0 unspecified atom stereocenters. The summed E-state index contributed by atoms with van der Waals surface area (Å²) in [4.78, 5) is 0. The molecule has 0 aliphatic rings. The van der Waals surface area contributed by atoms with Crippen LogP contribution >= 0.6 is 0 Å². The van der Waals surface area contributed by atoms with Crippen molar-refractivity contribution >= 4 is 5.69 Å². The van der Waals surface area contributed by atoms with Gasteiger partial charge in [0.2, 0.25) is 0 Å². The minimum atomic E-state index is 0.0116. The van der Waals surface area contributed by atoms with Crippen molar-refractivity contribution in [2.75, 3.05) is 18.5 Å². The molecule has 1 aromatic rings. The number of aryl methyl sites for hydroxylation is 2. The number of hydrogen-bond acceptors (Lipinski definition) is 2. The van der Waals surface area contributed by atoms with Crippen LogP contribution in [0.4, 0.5) is 5.69 Å². The molecule has 0 atom stereocenters. The van der Waals surface area contributed by atoms with Gasteiger partial charge in [0, 0.05) is 17.6 Å². The quantitative estimate of drug-likeness (QED) is 0.790. The average Bonchev–Trinajstić information content (AvgIpc) is 2.30.